The third kappa shape index (κ3) is 3.02. The van der Waals surface area contributed by atoms with E-state index in [0.29, 0.717) is 17.0 Å². The van der Waals surface area contributed by atoms with Crippen LogP contribution in [-0.4, -0.2) is 33.9 Å². The lowest BCUT2D eigenvalue weighted by Crippen LogP contribution is -2.26. The molecular formula is C15H13BrN4O3. The summed E-state index contributed by atoms with van der Waals surface area (Å²) < 4.78 is 12.0. The Morgan fingerprint density at radius 1 is 1.39 bits per heavy atom. The van der Waals surface area contributed by atoms with Crippen molar-refractivity contribution in [1.82, 2.24) is 15.0 Å². The second-order valence-corrected chi connectivity index (χ2v) is 5.63. The maximum Gasteiger partial charge on any atom is 0.244 e. The number of ether oxygens (including phenoxy) is 2. The minimum Gasteiger partial charge on any atom is -0.496 e. The number of benzene rings is 1. The molecule has 0 radical (unpaired) electrons. The normalized spacial score (nSPS) is 16.7. The molecule has 0 N–H and O–H groups in total. The number of hydrogen-bond acceptors (Lipinski definition) is 6. The minimum absolute atomic E-state index is 0.260. The summed E-state index contributed by atoms with van der Waals surface area (Å²) >= 11 is 3.41. The van der Waals surface area contributed by atoms with E-state index in [1.54, 1.807) is 19.4 Å². The Balaban J connectivity index is 2.01. The second-order valence-electron chi connectivity index (χ2n) is 4.71. The van der Waals surface area contributed by atoms with Gasteiger partial charge in [0.25, 0.3) is 0 Å². The molecule has 2 aromatic rings. The van der Waals surface area contributed by atoms with Gasteiger partial charge in [-0.25, -0.2) is 0 Å². The van der Waals surface area contributed by atoms with Gasteiger partial charge >= 0.3 is 0 Å². The fourth-order valence-corrected chi connectivity index (χ4v) is 2.51. The molecule has 7 nitrogen and oxygen atoms in total. The van der Waals surface area contributed by atoms with Crippen molar-refractivity contribution in [2.45, 2.75) is 13.2 Å². The topological polar surface area (TPSA) is 76.9 Å². The quantitative estimate of drug-likeness (QED) is 0.822. The van der Waals surface area contributed by atoms with E-state index in [2.05, 4.69) is 31.0 Å². The summed E-state index contributed by atoms with van der Waals surface area (Å²) in [6, 6.07) is 5.45. The summed E-state index contributed by atoms with van der Waals surface area (Å²) in [6.45, 7) is 1.41. The molecule has 0 saturated heterocycles. The Morgan fingerprint density at radius 3 is 2.87 bits per heavy atom. The van der Waals surface area contributed by atoms with E-state index >= 15 is 0 Å². The summed E-state index contributed by atoms with van der Waals surface area (Å²) in [5.41, 5.74) is 1.13. The Labute approximate surface area is 141 Å². The lowest BCUT2D eigenvalue weighted by molar-refractivity contribution is -0.135. The molecular weight excluding hydrogens is 364 g/mol. The van der Waals surface area contributed by atoms with Crippen molar-refractivity contribution in [3.05, 3.63) is 52.5 Å². The van der Waals surface area contributed by atoms with E-state index in [1.807, 2.05) is 12.1 Å². The number of hydrogen-bond donors (Lipinski definition) is 0. The minimum atomic E-state index is -0.750. The molecule has 0 fully saturated rings. The van der Waals surface area contributed by atoms with Crippen LogP contribution in [0.15, 0.2) is 46.4 Å². The molecule has 0 bridgehead atoms. The highest BCUT2D eigenvalue weighted by Crippen LogP contribution is 2.32. The zero-order valence-corrected chi connectivity index (χ0v) is 14.0. The van der Waals surface area contributed by atoms with Gasteiger partial charge in [0.1, 0.15) is 11.4 Å². The zero-order valence-electron chi connectivity index (χ0n) is 12.4. The first-order valence-corrected chi connectivity index (χ1v) is 7.54. The van der Waals surface area contributed by atoms with E-state index in [1.165, 1.54) is 24.3 Å². The Kier molecular flexibility index (Phi) is 4.24. The number of hydrazone groups is 1. The predicted octanol–water partition coefficient (Wildman–Crippen LogP) is 2.49. The maximum atomic E-state index is 11.9. The van der Waals surface area contributed by atoms with Crippen molar-refractivity contribution in [3.63, 3.8) is 0 Å². The fourth-order valence-electron chi connectivity index (χ4n) is 2.15. The van der Waals surface area contributed by atoms with Crippen LogP contribution in [0.1, 0.15) is 24.4 Å². The summed E-state index contributed by atoms with van der Waals surface area (Å²) in [5.74, 6) is 0.619. The van der Waals surface area contributed by atoms with Gasteiger partial charge < -0.3 is 9.47 Å². The van der Waals surface area contributed by atoms with E-state index in [0.717, 1.165) is 4.47 Å². The van der Waals surface area contributed by atoms with Gasteiger partial charge in [-0.2, -0.15) is 5.01 Å². The Hall–Kier alpha value is -2.48. The van der Waals surface area contributed by atoms with Crippen LogP contribution in [0.25, 0.3) is 0 Å². The molecule has 3 rings (SSSR count). The van der Waals surface area contributed by atoms with Crippen molar-refractivity contribution in [1.29, 1.82) is 0 Å². The highest BCUT2D eigenvalue weighted by Gasteiger charge is 2.35. The molecule has 0 aliphatic carbocycles. The first-order valence-electron chi connectivity index (χ1n) is 6.75. The van der Waals surface area contributed by atoms with E-state index < -0.39 is 6.23 Å². The van der Waals surface area contributed by atoms with Crippen LogP contribution in [0.3, 0.4) is 0 Å². The number of halogens is 1. The first-order chi connectivity index (χ1) is 11.1. The molecule has 1 aliphatic rings. The number of carbonyl (C=O) groups is 1. The molecule has 0 saturated carbocycles. The third-order valence-electron chi connectivity index (χ3n) is 3.19. The van der Waals surface area contributed by atoms with Crippen LogP contribution in [0, 0.1) is 0 Å². The molecule has 1 aliphatic heterocycles. The highest BCUT2D eigenvalue weighted by molar-refractivity contribution is 9.10. The molecule has 1 aromatic heterocycles. The van der Waals surface area contributed by atoms with Gasteiger partial charge in [-0.05, 0) is 18.2 Å². The largest absolute Gasteiger partial charge is 0.496 e. The van der Waals surface area contributed by atoms with Crippen molar-refractivity contribution in [2.75, 3.05) is 7.11 Å². The summed E-state index contributed by atoms with van der Waals surface area (Å²) in [5, 5.41) is 5.51. The molecule has 1 atom stereocenters. The Morgan fingerprint density at radius 2 is 2.22 bits per heavy atom. The van der Waals surface area contributed by atoms with E-state index in [-0.39, 0.29) is 11.8 Å². The summed E-state index contributed by atoms with van der Waals surface area (Å²) in [6.07, 6.45) is 3.88. The van der Waals surface area contributed by atoms with Crippen LogP contribution in [0.2, 0.25) is 0 Å². The molecule has 23 heavy (non-hydrogen) atoms. The zero-order chi connectivity index (χ0) is 16.4. The van der Waals surface area contributed by atoms with Gasteiger partial charge in [-0.1, -0.05) is 15.9 Å². The molecule has 2 heterocycles. The lowest BCUT2D eigenvalue weighted by Gasteiger charge is -2.17. The molecule has 1 amide bonds. The Bertz CT molecular complexity index is 767. The standard InChI is InChI=1S/C15H13BrN4O3/c1-9(21)20-15(12-8-17-5-6-18-12)23-14(19-20)11-7-10(16)3-4-13(11)22-2/h3-8,15H,1-2H3/t15-/m1/s1. The average molecular weight is 377 g/mol. The van der Waals surface area contributed by atoms with Gasteiger partial charge in [-0.3, -0.25) is 14.8 Å². The maximum absolute atomic E-state index is 11.9. The van der Waals surface area contributed by atoms with Crippen LogP contribution >= 0.6 is 15.9 Å². The van der Waals surface area contributed by atoms with Crippen molar-refractivity contribution in [3.8, 4) is 5.75 Å². The van der Waals surface area contributed by atoms with Gasteiger partial charge in [0.2, 0.25) is 18.0 Å². The van der Waals surface area contributed by atoms with Crippen LogP contribution in [0.5, 0.6) is 5.75 Å². The molecule has 0 spiro atoms. The molecule has 0 unspecified atom stereocenters. The number of aromatic nitrogens is 2. The molecule has 8 heteroatoms. The first kappa shape index (κ1) is 15.4. The monoisotopic (exact) mass is 376 g/mol. The highest BCUT2D eigenvalue weighted by atomic mass is 79.9. The number of carbonyl (C=O) groups excluding carboxylic acids is 1. The predicted molar refractivity (Wildman–Crippen MR) is 85.6 cm³/mol. The smallest absolute Gasteiger partial charge is 0.244 e. The number of nitrogens with zero attached hydrogens (tertiary/aromatic N) is 4. The van der Waals surface area contributed by atoms with Crippen molar-refractivity contribution < 1.29 is 14.3 Å². The molecule has 118 valence electrons. The summed E-state index contributed by atoms with van der Waals surface area (Å²) in [7, 11) is 1.56. The average Bonchev–Trinajstić information content (AvgIpc) is 3.01. The third-order valence-corrected chi connectivity index (χ3v) is 3.69. The van der Waals surface area contributed by atoms with Gasteiger partial charge in [0.05, 0.1) is 18.9 Å². The van der Waals surface area contributed by atoms with Crippen molar-refractivity contribution in [2.24, 2.45) is 5.10 Å². The summed E-state index contributed by atoms with van der Waals surface area (Å²) in [4.78, 5) is 20.1. The SMILES string of the molecule is COc1ccc(Br)cc1C1=NN(C(C)=O)[C@@H](c2cnccn2)O1. The number of amides is 1. The second kappa shape index (κ2) is 6.33. The van der Waals surface area contributed by atoms with Crippen LogP contribution in [0.4, 0.5) is 0 Å². The van der Waals surface area contributed by atoms with Gasteiger partial charge in [-0.15, -0.1) is 5.10 Å². The molecule has 1 aromatic carbocycles. The number of rotatable bonds is 3. The van der Waals surface area contributed by atoms with E-state index in [9.17, 15) is 4.79 Å². The van der Waals surface area contributed by atoms with Crippen molar-refractivity contribution >= 4 is 27.7 Å². The van der Waals surface area contributed by atoms with Gasteiger partial charge in [0, 0.05) is 23.8 Å². The fraction of sp³-hybridized carbons (Fsp3) is 0.200. The van der Waals surface area contributed by atoms with Gasteiger partial charge in [0.15, 0.2) is 0 Å². The van der Waals surface area contributed by atoms with Crippen LogP contribution in [-0.2, 0) is 9.53 Å². The van der Waals surface area contributed by atoms with E-state index in [4.69, 9.17) is 9.47 Å². The number of methoxy groups -OCH3 is 1. The lowest BCUT2D eigenvalue weighted by atomic mass is 10.2. The van der Waals surface area contributed by atoms with Crippen LogP contribution < -0.4 is 4.74 Å².